The number of benzene rings is 1. The van der Waals surface area contributed by atoms with Crippen LogP contribution in [0.3, 0.4) is 0 Å². The molecule has 0 spiro atoms. The fourth-order valence-electron chi connectivity index (χ4n) is 1.76. The predicted octanol–water partition coefficient (Wildman–Crippen LogP) is 0.960. The van der Waals surface area contributed by atoms with Gasteiger partial charge in [-0.2, -0.15) is 0 Å². The third-order valence-electron chi connectivity index (χ3n) is 2.46. The molecule has 0 saturated carbocycles. The molecule has 0 radical (unpaired) electrons. The quantitative estimate of drug-likeness (QED) is 0.698. The zero-order valence-corrected chi connectivity index (χ0v) is 8.61. The van der Waals surface area contributed by atoms with Crippen LogP contribution in [-0.4, -0.2) is 18.2 Å². The molecule has 15 heavy (non-hydrogen) atoms. The number of aliphatic hydroxyl groups is 1. The molecule has 0 aromatic heterocycles. The maximum absolute atomic E-state index is 11.2. The average Bonchev–Trinajstić information content (AvgIpc) is 2.15. The molecule has 0 amide bonds. The number of fused-ring (bicyclic) bond motifs is 1. The second-order valence-corrected chi connectivity index (χ2v) is 3.66. The molecule has 80 valence electrons. The lowest BCUT2D eigenvalue weighted by molar-refractivity contribution is -0.211. The molecular formula is C11H12O4. The Kier molecular flexibility index (Phi) is 2.16. The van der Waals surface area contributed by atoms with Crippen molar-refractivity contribution < 1.29 is 19.4 Å². The molecule has 1 unspecified atom stereocenters. The van der Waals surface area contributed by atoms with Gasteiger partial charge in [-0.05, 0) is 23.8 Å². The van der Waals surface area contributed by atoms with Gasteiger partial charge in [0.05, 0.1) is 13.5 Å². The van der Waals surface area contributed by atoms with Crippen molar-refractivity contribution in [2.45, 2.75) is 19.1 Å². The van der Waals surface area contributed by atoms with Crippen LogP contribution in [0.5, 0.6) is 5.75 Å². The summed E-state index contributed by atoms with van der Waals surface area (Å²) in [5.41, 5.74) is 1.36. The number of hydrogen-bond acceptors (Lipinski definition) is 4. The van der Waals surface area contributed by atoms with Gasteiger partial charge in [0, 0.05) is 12.5 Å². The Bertz CT molecular complexity index is 409. The summed E-state index contributed by atoms with van der Waals surface area (Å²) in [6.45, 7) is 1.45. The summed E-state index contributed by atoms with van der Waals surface area (Å²) < 4.78 is 9.90. The third-order valence-corrected chi connectivity index (χ3v) is 2.46. The lowest BCUT2D eigenvalue weighted by atomic mass is 9.95. The highest BCUT2D eigenvalue weighted by Gasteiger charge is 2.35. The minimum Gasteiger partial charge on any atom is -0.497 e. The summed E-state index contributed by atoms with van der Waals surface area (Å²) in [5.74, 6) is -1.29. The molecule has 1 N–H and O–H groups in total. The highest BCUT2D eigenvalue weighted by atomic mass is 16.7. The summed E-state index contributed by atoms with van der Waals surface area (Å²) in [4.78, 5) is 11.2. The summed E-state index contributed by atoms with van der Waals surface area (Å²) in [7, 11) is 1.56. The summed E-state index contributed by atoms with van der Waals surface area (Å²) in [6, 6.07) is 5.18. The van der Waals surface area contributed by atoms with Gasteiger partial charge >= 0.3 is 5.97 Å². The van der Waals surface area contributed by atoms with Crippen molar-refractivity contribution in [2.75, 3.05) is 7.11 Å². The van der Waals surface area contributed by atoms with E-state index in [4.69, 9.17) is 9.47 Å². The smallest absolute Gasteiger partial charge is 0.313 e. The summed E-state index contributed by atoms with van der Waals surface area (Å²) in [5, 5.41) is 9.88. The Morgan fingerprint density at radius 2 is 2.27 bits per heavy atom. The number of hydrogen-bond donors (Lipinski definition) is 1. The third kappa shape index (κ3) is 1.68. The largest absolute Gasteiger partial charge is 0.497 e. The molecule has 1 aromatic rings. The molecule has 0 bridgehead atoms. The number of carbonyl (C=O) groups excluding carboxylic acids is 1. The highest BCUT2D eigenvalue weighted by molar-refractivity contribution is 5.76. The van der Waals surface area contributed by atoms with Crippen LogP contribution in [0.15, 0.2) is 18.2 Å². The van der Waals surface area contributed by atoms with Crippen LogP contribution in [0.25, 0.3) is 0 Å². The molecule has 2 rings (SSSR count). The number of esters is 1. The Balaban J connectivity index is 2.52. The number of ether oxygens (including phenoxy) is 2. The average molecular weight is 208 g/mol. The lowest BCUT2D eigenvalue weighted by Gasteiger charge is -2.30. The minimum atomic E-state index is -1.53. The van der Waals surface area contributed by atoms with Gasteiger partial charge in [0.1, 0.15) is 5.75 Å². The Morgan fingerprint density at radius 1 is 1.53 bits per heavy atom. The van der Waals surface area contributed by atoms with Crippen LogP contribution < -0.4 is 4.74 Å². The van der Waals surface area contributed by atoms with Gasteiger partial charge in [-0.1, -0.05) is 0 Å². The van der Waals surface area contributed by atoms with Gasteiger partial charge in [-0.25, -0.2) is 0 Å². The highest BCUT2D eigenvalue weighted by Crippen LogP contribution is 2.33. The van der Waals surface area contributed by atoms with Crippen molar-refractivity contribution in [1.29, 1.82) is 0 Å². The maximum atomic E-state index is 11.2. The van der Waals surface area contributed by atoms with E-state index in [2.05, 4.69) is 0 Å². The minimum absolute atomic E-state index is 0.169. The second kappa shape index (κ2) is 3.24. The van der Waals surface area contributed by atoms with Crippen LogP contribution in [0.2, 0.25) is 0 Å². The van der Waals surface area contributed by atoms with Crippen LogP contribution in [0.1, 0.15) is 18.1 Å². The zero-order chi connectivity index (χ0) is 11.1. The van der Waals surface area contributed by atoms with Crippen LogP contribution in [0.4, 0.5) is 0 Å². The summed E-state index contributed by atoms with van der Waals surface area (Å²) in [6.07, 6.45) is 0.169. The Hall–Kier alpha value is -1.55. The fourth-order valence-corrected chi connectivity index (χ4v) is 1.76. The SMILES string of the molecule is COc1ccc2c(c1)CC(=O)OC2(C)O. The Morgan fingerprint density at radius 3 is 2.93 bits per heavy atom. The van der Waals surface area contributed by atoms with Crippen molar-refractivity contribution in [1.82, 2.24) is 0 Å². The molecule has 1 aliphatic rings. The van der Waals surface area contributed by atoms with Crippen molar-refractivity contribution >= 4 is 5.97 Å². The normalized spacial score (nSPS) is 24.3. The molecule has 0 aliphatic carbocycles. The fraction of sp³-hybridized carbons (Fsp3) is 0.364. The molecule has 1 atom stereocenters. The first-order valence-corrected chi connectivity index (χ1v) is 4.64. The predicted molar refractivity (Wildman–Crippen MR) is 52.4 cm³/mol. The van der Waals surface area contributed by atoms with Gasteiger partial charge < -0.3 is 14.6 Å². The van der Waals surface area contributed by atoms with E-state index in [-0.39, 0.29) is 6.42 Å². The van der Waals surface area contributed by atoms with E-state index >= 15 is 0 Å². The number of rotatable bonds is 1. The van der Waals surface area contributed by atoms with Crippen LogP contribution >= 0.6 is 0 Å². The van der Waals surface area contributed by atoms with Gasteiger partial charge in [0.25, 0.3) is 0 Å². The maximum Gasteiger partial charge on any atom is 0.313 e. The lowest BCUT2D eigenvalue weighted by Crippen LogP contribution is -2.35. The molecule has 1 aliphatic heterocycles. The molecular weight excluding hydrogens is 196 g/mol. The van der Waals surface area contributed by atoms with E-state index in [0.29, 0.717) is 11.3 Å². The Labute approximate surface area is 87.4 Å². The summed E-state index contributed by atoms with van der Waals surface area (Å²) >= 11 is 0. The molecule has 1 heterocycles. The van der Waals surface area contributed by atoms with Crippen molar-refractivity contribution in [2.24, 2.45) is 0 Å². The van der Waals surface area contributed by atoms with E-state index in [1.807, 2.05) is 0 Å². The van der Waals surface area contributed by atoms with E-state index in [1.54, 1.807) is 25.3 Å². The standard InChI is InChI=1S/C11H12O4/c1-11(13)9-4-3-8(14-2)5-7(9)6-10(12)15-11/h3-5,13H,6H2,1-2H3. The monoisotopic (exact) mass is 208 g/mol. The van der Waals surface area contributed by atoms with Gasteiger partial charge in [0.15, 0.2) is 0 Å². The topological polar surface area (TPSA) is 55.8 Å². The molecule has 0 fully saturated rings. The molecule has 0 saturated heterocycles. The molecule has 4 heteroatoms. The van der Waals surface area contributed by atoms with Gasteiger partial charge in [-0.3, -0.25) is 4.79 Å². The van der Waals surface area contributed by atoms with E-state index < -0.39 is 11.8 Å². The number of carbonyl (C=O) groups is 1. The van der Waals surface area contributed by atoms with E-state index in [0.717, 1.165) is 5.56 Å². The van der Waals surface area contributed by atoms with Crippen molar-refractivity contribution in [3.63, 3.8) is 0 Å². The van der Waals surface area contributed by atoms with Crippen LogP contribution in [0, 0.1) is 0 Å². The number of methoxy groups -OCH3 is 1. The van der Waals surface area contributed by atoms with Crippen LogP contribution in [-0.2, 0) is 21.7 Å². The van der Waals surface area contributed by atoms with Gasteiger partial charge in [-0.15, -0.1) is 0 Å². The first-order valence-electron chi connectivity index (χ1n) is 4.64. The zero-order valence-electron chi connectivity index (χ0n) is 8.61. The van der Waals surface area contributed by atoms with Gasteiger partial charge in [0.2, 0.25) is 5.79 Å². The van der Waals surface area contributed by atoms with E-state index in [9.17, 15) is 9.90 Å². The second-order valence-electron chi connectivity index (χ2n) is 3.66. The molecule has 4 nitrogen and oxygen atoms in total. The molecule has 1 aromatic carbocycles. The van der Waals surface area contributed by atoms with Crippen molar-refractivity contribution in [3.8, 4) is 5.75 Å². The van der Waals surface area contributed by atoms with Crippen molar-refractivity contribution in [3.05, 3.63) is 29.3 Å². The first kappa shape index (κ1) is 9.98. The first-order chi connectivity index (χ1) is 7.03. The number of cyclic esters (lactones) is 1. The van der Waals surface area contributed by atoms with E-state index in [1.165, 1.54) is 6.92 Å².